The van der Waals surface area contributed by atoms with E-state index in [1.54, 1.807) is 18.2 Å². The zero-order valence-corrected chi connectivity index (χ0v) is 11.0. The highest BCUT2D eigenvalue weighted by molar-refractivity contribution is 5.29. The Hall–Kier alpha value is -1.87. The maximum Gasteiger partial charge on any atom is 0.129 e. The number of hydrogen-bond acceptors (Lipinski definition) is 2. The van der Waals surface area contributed by atoms with E-state index in [9.17, 15) is 4.39 Å². The van der Waals surface area contributed by atoms with Crippen molar-refractivity contribution in [3.63, 3.8) is 0 Å². The number of nitrogens with two attached hydrogens (primary N) is 1. The number of benzene rings is 2. The minimum Gasteiger partial charge on any atom is -0.489 e. The van der Waals surface area contributed by atoms with Crippen LogP contribution in [0.3, 0.4) is 0 Å². The van der Waals surface area contributed by atoms with Crippen molar-refractivity contribution in [1.82, 2.24) is 0 Å². The summed E-state index contributed by atoms with van der Waals surface area (Å²) in [4.78, 5) is 0. The maximum absolute atomic E-state index is 13.4. The molecule has 0 aromatic heterocycles. The molecule has 0 aliphatic heterocycles. The highest BCUT2D eigenvalue weighted by Crippen LogP contribution is 2.17. The predicted molar refractivity (Wildman–Crippen MR) is 74.5 cm³/mol. The third-order valence-corrected chi connectivity index (χ3v) is 2.81. The Bertz CT molecular complexity index is 540. The van der Waals surface area contributed by atoms with Gasteiger partial charge in [0, 0.05) is 11.6 Å². The van der Waals surface area contributed by atoms with E-state index in [4.69, 9.17) is 10.5 Å². The molecule has 2 rings (SSSR count). The highest BCUT2D eigenvalue weighted by Gasteiger charge is 2.03. The molecule has 0 fully saturated rings. The molecule has 0 spiro atoms. The van der Waals surface area contributed by atoms with Crippen molar-refractivity contribution in [2.24, 2.45) is 5.73 Å². The van der Waals surface area contributed by atoms with Crippen LogP contribution in [0.5, 0.6) is 5.75 Å². The lowest BCUT2D eigenvalue weighted by molar-refractivity contribution is 0.299. The molecule has 2 aromatic carbocycles. The topological polar surface area (TPSA) is 35.2 Å². The standard InChI is InChI=1S/C16H18FNO/c1-12(18)9-13-5-4-7-15(10-13)19-11-14-6-2-3-8-16(14)17/h2-8,10,12H,9,11,18H2,1H3. The number of ether oxygens (including phenoxy) is 1. The lowest BCUT2D eigenvalue weighted by atomic mass is 10.1. The fourth-order valence-corrected chi connectivity index (χ4v) is 1.91. The molecule has 19 heavy (non-hydrogen) atoms. The lowest BCUT2D eigenvalue weighted by Crippen LogP contribution is -2.17. The molecule has 2 nitrogen and oxygen atoms in total. The van der Waals surface area contributed by atoms with Gasteiger partial charge in [0.25, 0.3) is 0 Å². The van der Waals surface area contributed by atoms with E-state index in [0.29, 0.717) is 5.56 Å². The molecule has 0 bridgehead atoms. The van der Waals surface area contributed by atoms with Crippen LogP contribution in [-0.4, -0.2) is 6.04 Å². The van der Waals surface area contributed by atoms with E-state index in [-0.39, 0.29) is 18.5 Å². The molecule has 0 saturated heterocycles. The van der Waals surface area contributed by atoms with Gasteiger partial charge in [0.15, 0.2) is 0 Å². The van der Waals surface area contributed by atoms with E-state index < -0.39 is 0 Å². The Labute approximate surface area is 113 Å². The molecule has 1 unspecified atom stereocenters. The summed E-state index contributed by atoms with van der Waals surface area (Å²) in [7, 11) is 0. The Balaban J connectivity index is 2.02. The summed E-state index contributed by atoms with van der Waals surface area (Å²) in [6.07, 6.45) is 0.802. The summed E-state index contributed by atoms with van der Waals surface area (Å²) >= 11 is 0. The molecule has 0 amide bonds. The quantitative estimate of drug-likeness (QED) is 0.894. The summed E-state index contributed by atoms with van der Waals surface area (Å²) < 4.78 is 19.1. The molecule has 0 aliphatic carbocycles. The van der Waals surface area contributed by atoms with Crippen molar-refractivity contribution in [2.45, 2.75) is 26.0 Å². The van der Waals surface area contributed by atoms with Gasteiger partial charge in [-0.3, -0.25) is 0 Å². The average Bonchev–Trinajstić information content (AvgIpc) is 2.37. The first-order valence-electron chi connectivity index (χ1n) is 6.36. The van der Waals surface area contributed by atoms with Crippen molar-refractivity contribution < 1.29 is 9.13 Å². The van der Waals surface area contributed by atoms with Crippen molar-refractivity contribution in [2.75, 3.05) is 0 Å². The molecular formula is C16H18FNO. The van der Waals surface area contributed by atoms with Gasteiger partial charge in [0.2, 0.25) is 0 Å². The normalized spacial score (nSPS) is 12.2. The van der Waals surface area contributed by atoms with Crippen LogP contribution in [0, 0.1) is 5.82 Å². The molecule has 0 heterocycles. The van der Waals surface area contributed by atoms with Crippen LogP contribution >= 0.6 is 0 Å². The van der Waals surface area contributed by atoms with Crippen LogP contribution in [0.2, 0.25) is 0 Å². The summed E-state index contributed by atoms with van der Waals surface area (Å²) in [6, 6.07) is 14.5. The molecule has 0 aliphatic rings. The van der Waals surface area contributed by atoms with Crippen LogP contribution in [0.25, 0.3) is 0 Å². The van der Waals surface area contributed by atoms with Crippen molar-refractivity contribution in [3.8, 4) is 5.75 Å². The average molecular weight is 259 g/mol. The Morgan fingerprint density at radius 2 is 1.95 bits per heavy atom. The molecule has 3 heteroatoms. The monoisotopic (exact) mass is 259 g/mol. The van der Waals surface area contributed by atoms with Crippen LogP contribution in [-0.2, 0) is 13.0 Å². The van der Waals surface area contributed by atoms with E-state index in [2.05, 4.69) is 0 Å². The summed E-state index contributed by atoms with van der Waals surface area (Å²) in [5.41, 5.74) is 7.45. The van der Waals surface area contributed by atoms with Gasteiger partial charge in [-0.05, 0) is 37.1 Å². The fourth-order valence-electron chi connectivity index (χ4n) is 1.91. The lowest BCUT2D eigenvalue weighted by Gasteiger charge is -2.10. The highest BCUT2D eigenvalue weighted by atomic mass is 19.1. The van der Waals surface area contributed by atoms with Gasteiger partial charge in [-0.2, -0.15) is 0 Å². The smallest absolute Gasteiger partial charge is 0.129 e. The van der Waals surface area contributed by atoms with E-state index in [1.165, 1.54) is 6.07 Å². The molecule has 2 N–H and O–H groups in total. The molecule has 0 saturated carbocycles. The first-order chi connectivity index (χ1) is 9.15. The zero-order chi connectivity index (χ0) is 13.7. The largest absolute Gasteiger partial charge is 0.489 e. The molecular weight excluding hydrogens is 241 g/mol. The van der Waals surface area contributed by atoms with Crippen molar-refractivity contribution >= 4 is 0 Å². The summed E-state index contributed by atoms with van der Waals surface area (Å²) in [5, 5.41) is 0. The third kappa shape index (κ3) is 4.07. The second-order valence-corrected chi connectivity index (χ2v) is 4.71. The Kier molecular flexibility index (Phi) is 4.53. The Morgan fingerprint density at radius 1 is 1.16 bits per heavy atom. The predicted octanol–water partition coefficient (Wildman–Crippen LogP) is 3.29. The van der Waals surface area contributed by atoms with Crippen molar-refractivity contribution in [3.05, 3.63) is 65.5 Å². The molecule has 1 atom stereocenters. The SMILES string of the molecule is CC(N)Cc1cccc(OCc2ccccc2F)c1. The Morgan fingerprint density at radius 3 is 2.68 bits per heavy atom. The third-order valence-electron chi connectivity index (χ3n) is 2.81. The van der Waals surface area contributed by atoms with Crippen LogP contribution in [0.4, 0.5) is 4.39 Å². The fraction of sp³-hybridized carbons (Fsp3) is 0.250. The first kappa shape index (κ1) is 13.6. The first-order valence-corrected chi connectivity index (χ1v) is 6.36. The molecule has 0 radical (unpaired) electrons. The second kappa shape index (κ2) is 6.34. The molecule has 2 aromatic rings. The number of halogens is 1. The van der Waals surface area contributed by atoms with Gasteiger partial charge in [-0.1, -0.05) is 30.3 Å². The van der Waals surface area contributed by atoms with E-state index >= 15 is 0 Å². The van der Waals surface area contributed by atoms with E-state index in [1.807, 2.05) is 31.2 Å². The van der Waals surface area contributed by atoms with Crippen LogP contribution in [0.15, 0.2) is 48.5 Å². The van der Waals surface area contributed by atoms with Crippen molar-refractivity contribution in [1.29, 1.82) is 0 Å². The zero-order valence-electron chi connectivity index (χ0n) is 11.0. The number of rotatable bonds is 5. The van der Waals surface area contributed by atoms with Gasteiger partial charge in [0.05, 0.1) is 0 Å². The van der Waals surface area contributed by atoms with Crippen LogP contribution in [0.1, 0.15) is 18.1 Å². The summed E-state index contributed by atoms with van der Waals surface area (Å²) in [6.45, 7) is 2.20. The maximum atomic E-state index is 13.4. The minimum atomic E-state index is -0.241. The van der Waals surface area contributed by atoms with Gasteiger partial charge in [-0.15, -0.1) is 0 Å². The van der Waals surface area contributed by atoms with Crippen LogP contribution < -0.4 is 10.5 Å². The van der Waals surface area contributed by atoms with Gasteiger partial charge >= 0.3 is 0 Å². The van der Waals surface area contributed by atoms with E-state index in [0.717, 1.165) is 17.7 Å². The second-order valence-electron chi connectivity index (χ2n) is 4.71. The summed E-state index contributed by atoms with van der Waals surface area (Å²) in [5.74, 6) is 0.496. The minimum absolute atomic E-state index is 0.113. The van der Waals surface area contributed by atoms with Gasteiger partial charge in [-0.25, -0.2) is 4.39 Å². The van der Waals surface area contributed by atoms with Gasteiger partial charge < -0.3 is 10.5 Å². The molecule has 100 valence electrons. The number of hydrogen-bond donors (Lipinski definition) is 1. The van der Waals surface area contributed by atoms with Gasteiger partial charge in [0.1, 0.15) is 18.2 Å².